The number of halogens is 1. The highest BCUT2D eigenvalue weighted by Crippen LogP contribution is 2.32. The summed E-state index contributed by atoms with van der Waals surface area (Å²) in [6.07, 6.45) is 1.18. The largest absolute Gasteiger partial charge is 0.450 e. The highest BCUT2D eigenvalue weighted by molar-refractivity contribution is 7.89. The second-order valence-corrected chi connectivity index (χ2v) is 13.4. The van der Waals surface area contributed by atoms with Crippen LogP contribution >= 0.6 is 23.7 Å². The number of benzene rings is 2. The molecule has 1 aromatic heterocycles. The zero-order valence-corrected chi connectivity index (χ0v) is 27.6. The quantitative estimate of drug-likeness (QED) is 0.318. The maximum atomic E-state index is 13.9. The SMILES string of the molecule is CCOC(=O)N1CCN(S(=O)(=O)c2ccc(C(=O)N(CCCN3CCOCC3)c3nc4c(CC)cccc4s3)cc2)CC1.Cl. The number of nitrogens with zero attached hydrogens (tertiary/aromatic N) is 5. The molecule has 2 fully saturated rings. The number of amides is 2. The molecule has 0 saturated carbocycles. The van der Waals surface area contributed by atoms with Crippen LogP contribution in [-0.4, -0.2) is 112 Å². The van der Waals surface area contributed by atoms with Crippen LogP contribution in [0, 0.1) is 0 Å². The van der Waals surface area contributed by atoms with Crippen LogP contribution in [0.5, 0.6) is 0 Å². The van der Waals surface area contributed by atoms with Gasteiger partial charge in [0.05, 0.1) is 34.9 Å². The van der Waals surface area contributed by atoms with Crippen molar-refractivity contribution in [3.8, 4) is 0 Å². The molecule has 0 atom stereocenters. The number of aryl methyl sites for hydroxylation is 1. The molecule has 44 heavy (non-hydrogen) atoms. The molecule has 3 aromatic rings. The van der Waals surface area contributed by atoms with Crippen LogP contribution in [-0.2, 0) is 25.9 Å². The molecule has 5 rings (SSSR count). The molecular weight excluding hydrogens is 626 g/mol. The lowest BCUT2D eigenvalue weighted by Gasteiger charge is -2.33. The summed E-state index contributed by atoms with van der Waals surface area (Å²) >= 11 is 1.50. The standard InChI is InChI=1S/C30H39N5O6S2.ClH/c1-3-23-7-5-8-26-27(23)31-29(42-26)35(14-6-13-32-19-21-40-22-20-32)28(36)24-9-11-25(12-10-24)43(38,39)34-17-15-33(16-18-34)30(37)41-4-2;/h5,7-12H,3-4,6,13-22H2,1-2H3;1H. The second kappa shape index (κ2) is 15.5. The number of piperazine rings is 1. The van der Waals surface area contributed by atoms with Crippen LogP contribution in [0.2, 0.25) is 0 Å². The van der Waals surface area contributed by atoms with E-state index in [0.717, 1.165) is 61.5 Å². The van der Waals surface area contributed by atoms with Gasteiger partial charge in [0.2, 0.25) is 10.0 Å². The van der Waals surface area contributed by atoms with Crippen LogP contribution < -0.4 is 4.90 Å². The Hall–Kier alpha value is -2.81. The average molecular weight is 666 g/mol. The van der Waals surface area contributed by atoms with E-state index in [2.05, 4.69) is 17.9 Å². The lowest BCUT2D eigenvalue weighted by atomic mass is 10.1. The van der Waals surface area contributed by atoms with Crippen molar-refractivity contribution in [3.05, 3.63) is 53.6 Å². The van der Waals surface area contributed by atoms with Crippen molar-refractivity contribution in [2.75, 3.05) is 77.1 Å². The van der Waals surface area contributed by atoms with E-state index >= 15 is 0 Å². The van der Waals surface area contributed by atoms with E-state index in [4.69, 9.17) is 14.5 Å². The number of thiazole rings is 1. The van der Waals surface area contributed by atoms with E-state index < -0.39 is 16.1 Å². The number of hydrogen-bond donors (Lipinski definition) is 0. The molecule has 0 radical (unpaired) electrons. The molecule has 2 amide bonds. The number of rotatable bonds is 10. The van der Waals surface area contributed by atoms with Gasteiger partial charge in [0.1, 0.15) is 0 Å². The number of carbonyl (C=O) groups excluding carboxylic acids is 2. The van der Waals surface area contributed by atoms with Gasteiger partial charge in [0.15, 0.2) is 5.13 Å². The van der Waals surface area contributed by atoms with Crippen LogP contribution in [0.25, 0.3) is 10.2 Å². The number of hydrogen-bond acceptors (Lipinski definition) is 9. The Labute approximate surface area is 269 Å². The van der Waals surface area contributed by atoms with Gasteiger partial charge in [-0.15, -0.1) is 12.4 Å². The summed E-state index contributed by atoms with van der Waals surface area (Å²) in [5.74, 6) is -0.217. The molecule has 3 heterocycles. The normalized spacial score (nSPS) is 16.5. The highest BCUT2D eigenvalue weighted by atomic mass is 35.5. The highest BCUT2D eigenvalue weighted by Gasteiger charge is 2.31. The minimum atomic E-state index is -3.79. The van der Waals surface area contributed by atoms with Crippen LogP contribution in [0.1, 0.15) is 36.2 Å². The first-order chi connectivity index (χ1) is 20.8. The molecule has 240 valence electrons. The van der Waals surface area contributed by atoms with E-state index in [1.165, 1.54) is 32.7 Å². The number of aromatic nitrogens is 1. The predicted molar refractivity (Wildman–Crippen MR) is 174 cm³/mol. The molecule has 0 aliphatic carbocycles. The van der Waals surface area contributed by atoms with Crippen molar-refractivity contribution >= 4 is 61.1 Å². The summed E-state index contributed by atoms with van der Waals surface area (Å²) < 4.78 is 39.6. The third-order valence-corrected chi connectivity index (χ3v) is 10.8. The number of sulfonamides is 1. The predicted octanol–water partition coefficient (Wildman–Crippen LogP) is 4.11. The zero-order chi connectivity index (χ0) is 30.4. The van der Waals surface area contributed by atoms with Crippen molar-refractivity contribution in [1.82, 2.24) is 19.1 Å². The molecule has 2 saturated heterocycles. The van der Waals surface area contributed by atoms with Gasteiger partial charge in [-0.1, -0.05) is 30.4 Å². The summed E-state index contributed by atoms with van der Waals surface area (Å²) in [4.78, 5) is 36.5. The Morgan fingerprint density at radius 1 is 1.00 bits per heavy atom. The topological polar surface area (TPSA) is 113 Å². The molecule has 2 aliphatic rings. The maximum Gasteiger partial charge on any atom is 0.409 e. The maximum absolute atomic E-state index is 13.9. The Kier molecular flexibility index (Phi) is 12.0. The third kappa shape index (κ3) is 7.69. The van der Waals surface area contributed by atoms with Gasteiger partial charge in [-0.05, 0) is 55.7 Å². The fourth-order valence-electron chi connectivity index (χ4n) is 5.36. The summed E-state index contributed by atoms with van der Waals surface area (Å²) in [5, 5.41) is 0.638. The summed E-state index contributed by atoms with van der Waals surface area (Å²) in [6, 6.07) is 12.2. The smallest absolute Gasteiger partial charge is 0.409 e. The molecule has 11 nitrogen and oxygen atoms in total. The summed E-state index contributed by atoms with van der Waals surface area (Å²) in [7, 11) is -3.79. The molecule has 14 heteroatoms. The fourth-order valence-corrected chi connectivity index (χ4v) is 7.82. The van der Waals surface area contributed by atoms with Gasteiger partial charge < -0.3 is 14.4 Å². The van der Waals surface area contributed by atoms with Crippen molar-refractivity contribution in [2.45, 2.75) is 31.6 Å². The number of anilines is 1. The van der Waals surface area contributed by atoms with Crippen LogP contribution in [0.3, 0.4) is 0 Å². The van der Waals surface area contributed by atoms with Crippen molar-refractivity contribution < 1.29 is 27.5 Å². The Morgan fingerprint density at radius 3 is 2.36 bits per heavy atom. The molecule has 0 bridgehead atoms. The Morgan fingerprint density at radius 2 is 1.70 bits per heavy atom. The van der Waals surface area contributed by atoms with Gasteiger partial charge in [-0.2, -0.15) is 4.31 Å². The molecular formula is C30H40ClN5O6S2. The minimum Gasteiger partial charge on any atom is -0.450 e. The van der Waals surface area contributed by atoms with Gasteiger partial charge in [0.25, 0.3) is 5.91 Å². The number of para-hydroxylation sites is 1. The van der Waals surface area contributed by atoms with Crippen molar-refractivity contribution in [2.24, 2.45) is 0 Å². The monoisotopic (exact) mass is 665 g/mol. The lowest BCUT2D eigenvalue weighted by Crippen LogP contribution is -2.50. The van der Waals surface area contributed by atoms with Gasteiger partial charge in [0, 0.05) is 57.9 Å². The minimum absolute atomic E-state index is 0. The number of ether oxygens (including phenoxy) is 2. The van der Waals surface area contributed by atoms with Gasteiger partial charge in [-0.3, -0.25) is 14.6 Å². The Bertz CT molecular complexity index is 1520. The van der Waals surface area contributed by atoms with E-state index in [1.54, 1.807) is 24.0 Å². The first kappa shape index (κ1) is 34.1. The fraction of sp³-hybridized carbons (Fsp3) is 0.500. The second-order valence-electron chi connectivity index (χ2n) is 10.5. The van der Waals surface area contributed by atoms with Gasteiger partial charge >= 0.3 is 6.09 Å². The molecule has 2 aliphatic heterocycles. The van der Waals surface area contributed by atoms with Crippen LogP contribution in [0.4, 0.5) is 9.93 Å². The number of morpholine rings is 1. The number of fused-ring (bicyclic) bond motifs is 1. The van der Waals surface area contributed by atoms with Crippen molar-refractivity contribution in [1.29, 1.82) is 0 Å². The van der Waals surface area contributed by atoms with E-state index in [-0.39, 0.29) is 56.0 Å². The zero-order valence-electron chi connectivity index (χ0n) is 25.1. The van der Waals surface area contributed by atoms with Gasteiger partial charge in [-0.25, -0.2) is 18.2 Å². The number of carbonyl (C=O) groups is 2. The van der Waals surface area contributed by atoms with E-state index in [0.29, 0.717) is 17.2 Å². The van der Waals surface area contributed by atoms with Crippen LogP contribution in [0.15, 0.2) is 47.4 Å². The lowest BCUT2D eigenvalue weighted by molar-refractivity contribution is 0.0376. The first-order valence-electron chi connectivity index (χ1n) is 14.8. The third-order valence-electron chi connectivity index (χ3n) is 7.81. The van der Waals surface area contributed by atoms with E-state index in [9.17, 15) is 18.0 Å². The average Bonchev–Trinajstić information content (AvgIpc) is 3.48. The van der Waals surface area contributed by atoms with Crippen molar-refractivity contribution in [3.63, 3.8) is 0 Å². The molecule has 2 aromatic carbocycles. The first-order valence-corrected chi connectivity index (χ1v) is 17.1. The Balaban J connectivity index is 0.00000442. The summed E-state index contributed by atoms with van der Waals surface area (Å²) in [6.45, 7) is 9.50. The van der Waals surface area contributed by atoms with E-state index in [1.807, 2.05) is 12.1 Å². The molecule has 0 N–H and O–H groups in total. The summed E-state index contributed by atoms with van der Waals surface area (Å²) in [5.41, 5.74) is 2.45. The molecule has 0 spiro atoms. The molecule has 0 unspecified atom stereocenters.